The Balaban J connectivity index is 2.56. The standard InChI is InChI=1S/C23H40O9Si/c1-18(2)22(24)29-13-8-11-20(10-7-12-28-16-21-17-31-21)32-33(26-5,27-6)15-9-14-30-23(25)19(3)4/h20-21H,1,3,7-17H2,2,4-6H3. The van der Waals surface area contributed by atoms with Gasteiger partial charge in [0, 0.05) is 44.1 Å². The number of hydrogen-bond acceptors (Lipinski definition) is 9. The van der Waals surface area contributed by atoms with Gasteiger partial charge in [-0.3, -0.25) is 0 Å². The average molecular weight is 489 g/mol. The van der Waals surface area contributed by atoms with Crippen LogP contribution in [0.2, 0.25) is 6.04 Å². The predicted molar refractivity (Wildman–Crippen MR) is 125 cm³/mol. The van der Waals surface area contributed by atoms with E-state index in [4.69, 9.17) is 32.2 Å². The van der Waals surface area contributed by atoms with Crippen molar-refractivity contribution in [2.24, 2.45) is 0 Å². The number of esters is 2. The van der Waals surface area contributed by atoms with E-state index in [0.29, 0.717) is 49.7 Å². The third-order valence-corrected chi connectivity index (χ3v) is 7.85. The van der Waals surface area contributed by atoms with E-state index in [9.17, 15) is 9.59 Å². The Hall–Kier alpha value is -1.56. The molecule has 1 aliphatic heterocycles. The first-order valence-electron chi connectivity index (χ1n) is 11.4. The smallest absolute Gasteiger partial charge is 0.462 e. The zero-order valence-electron chi connectivity index (χ0n) is 20.5. The molecule has 0 spiro atoms. The van der Waals surface area contributed by atoms with E-state index in [1.54, 1.807) is 28.1 Å². The predicted octanol–water partition coefficient (Wildman–Crippen LogP) is 3.21. The van der Waals surface area contributed by atoms with Crippen LogP contribution in [0.5, 0.6) is 0 Å². The van der Waals surface area contributed by atoms with Crippen molar-refractivity contribution in [1.82, 2.24) is 0 Å². The van der Waals surface area contributed by atoms with Gasteiger partial charge >= 0.3 is 20.7 Å². The Kier molecular flexibility index (Phi) is 14.4. The summed E-state index contributed by atoms with van der Waals surface area (Å²) in [6.07, 6.45) is 3.47. The van der Waals surface area contributed by atoms with Crippen molar-refractivity contribution in [3.05, 3.63) is 24.3 Å². The van der Waals surface area contributed by atoms with Crippen molar-refractivity contribution in [3.63, 3.8) is 0 Å². The molecule has 0 amide bonds. The summed E-state index contributed by atoms with van der Waals surface area (Å²) in [5.41, 5.74) is 0.730. The first-order valence-corrected chi connectivity index (χ1v) is 13.3. The second-order valence-electron chi connectivity index (χ2n) is 8.08. The lowest BCUT2D eigenvalue weighted by Crippen LogP contribution is -2.47. The van der Waals surface area contributed by atoms with E-state index in [0.717, 1.165) is 19.4 Å². The average Bonchev–Trinajstić information content (AvgIpc) is 3.61. The maximum absolute atomic E-state index is 11.6. The SMILES string of the molecule is C=C(C)C(=O)OCCCC(CCCOCC1CO1)O[Si](CCCOC(=O)C(=C)C)(OC)OC. The summed E-state index contributed by atoms with van der Waals surface area (Å²) in [4.78, 5) is 23.2. The van der Waals surface area contributed by atoms with E-state index in [1.165, 1.54) is 0 Å². The van der Waals surface area contributed by atoms with Crippen LogP contribution in [0, 0.1) is 0 Å². The number of ether oxygens (including phenoxy) is 4. The summed E-state index contributed by atoms with van der Waals surface area (Å²) in [7, 11) is 0.161. The van der Waals surface area contributed by atoms with Gasteiger partial charge in [-0.15, -0.1) is 0 Å². The maximum atomic E-state index is 11.6. The van der Waals surface area contributed by atoms with Gasteiger partial charge in [0.05, 0.1) is 26.4 Å². The minimum Gasteiger partial charge on any atom is -0.462 e. The quantitative estimate of drug-likeness (QED) is 0.0840. The summed E-state index contributed by atoms with van der Waals surface area (Å²) in [5.74, 6) is -0.818. The van der Waals surface area contributed by atoms with Gasteiger partial charge < -0.3 is 32.2 Å². The minimum absolute atomic E-state index is 0.154. The summed E-state index contributed by atoms with van der Waals surface area (Å²) in [6.45, 7) is 12.9. The fourth-order valence-electron chi connectivity index (χ4n) is 2.93. The van der Waals surface area contributed by atoms with Crippen LogP contribution >= 0.6 is 0 Å². The fraction of sp³-hybridized carbons (Fsp3) is 0.739. The van der Waals surface area contributed by atoms with Crippen LogP contribution < -0.4 is 0 Å². The number of carbonyl (C=O) groups is 2. The molecule has 2 unspecified atom stereocenters. The second-order valence-corrected chi connectivity index (χ2v) is 11.0. The van der Waals surface area contributed by atoms with Crippen molar-refractivity contribution in [2.75, 3.05) is 47.3 Å². The van der Waals surface area contributed by atoms with Gasteiger partial charge in [0.1, 0.15) is 6.10 Å². The maximum Gasteiger partial charge on any atom is 0.500 e. The van der Waals surface area contributed by atoms with Gasteiger partial charge in [-0.25, -0.2) is 9.59 Å². The van der Waals surface area contributed by atoms with Gasteiger partial charge in [-0.05, 0) is 46.0 Å². The Morgan fingerprint density at radius 1 is 0.939 bits per heavy atom. The zero-order valence-corrected chi connectivity index (χ0v) is 21.5. The van der Waals surface area contributed by atoms with Crippen LogP contribution in [0.1, 0.15) is 46.0 Å². The van der Waals surface area contributed by atoms with E-state index >= 15 is 0 Å². The normalized spacial score (nSPS) is 16.2. The molecular weight excluding hydrogens is 448 g/mol. The van der Waals surface area contributed by atoms with Gasteiger partial charge in [-0.1, -0.05) is 13.2 Å². The van der Waals surface area contributed by atoms with E-state index < -0.39 is 20.7 Å². The van der Waals surface area contributed by atoms with Crippen LogP contribution in [0.25, 0.3) is 0 Å². The van der Waals surface area contributed by atoms with Gasteiger partial charge in [0.2, 0.25) is 0 Å². The minimum atomic E-state index is -2.98. The molecule has 190 valence electrons. The Morgan fingerprint density at radius 3 is 1.94 bits per heavy atom. The highest BCUT2D eigenvalue weighted by atomic mass is 28.4. The summed E-state index contributed by atoms with van der Waals surface area (Å²) >= 11 is 0. The van der Waals surface area contributed by atoms with Crippen LogP contribution in [-0.2, 0) is 41.8 Å². The van der Waals surface area contributed by atoms with Crippen LogP contribution in [0.15, 0.2) is 24.3 Å². The second kappa shape index (κ2) is 16.1. The molecule has 2 atom stereocenters. The molecule has 9 nitrogen and oxygen atoms in total. The highest BCUT2D eigenvalue weighted by Gasteiger charge is 2.41. The van der Waals surface area contributed by atoms with E-state index in [-0.39, 0.29) is 25.4 Å². The third-order valence-electron chi connectivity index (χ3n) is 4.95. The van der Waals surface area contributed by atoms with Crippen molar-refractivity contribution >= 4 is 20.7 Å². The number of rotatable bonds is 20. The van der Waals surface area contributed by atoms with Crippen molar-refractivity contribution in [2.45, 2.75) is 64.2 Å². The van der Waals surface area contributed by atoms with Crippen molar-refractivity contribution in [3.8, 4) is 0 Å². The lowest BCUT2D eigenvalue weighted by atomic mass is 10.1. The van der Waals surface area contributed by atoms with Crippen LogP contribution in [-0.4, -0.2) is 80.2 Å². The molecule has 0 aromatic carbocycles. The molecule has 33 heavy (non-hydrogen) atoms. The van der Waals surface area contributed by atoms with Crippen molar-refractivity contribution in [1.29, 1.82) is 0 Å². The molecule has 0 N–H and O–H groups in total. The van der Waals surface area contributed by atoms with Gasteiger partial charge in [-0.2, -0.15) is 0 Å². The lowest BCUT2D eigenvalue weighted by Gasteiger charge is -2.31. The van der Waals surface area contributed by atoms with Crippen LogP contribution in [0.4, 0.5) is 0 Å². The molecule has 1 aliphatic rings. The summed E-state index contributed by atoms with van der Waals surface area (Å²) in [5, 5.41) is 0. The van der Waals surface area contributed by atoms with E-state index in [1.807, 2.05) is 0 Å². The third kappa shape index (κ3) is 13.0. The highest BCUT2D eigenvalue weighted by Crippen LogP contribution is 2.23. The first kappa shape index (κ1) is 29.5. The summed E-state index contributed by atoms with van der Waals surface area (Å²) < 4.78 is 38.9. The molecule has 1 fully saturated rings. The molecule has 1 rings (SSSR count). The molecule has 1 saturated heterocycles. The number of hydrogen-bond donors (Lipinski definition) is 0. The Morgan fingerprint density at radius 2 is 1.45 bits per heavy atom. The fourth-order valence-corrected chi connectivity index (χ4v) is 5.13. The molecule has 1 heterocycles. The van der Waals surface area contributed by atoms with Gasteiger partial charge in [0.15, 0.2) is 0 Å². The monoisotopic (exact) mass is 488 g/mol. The van der Waals surface area contributed by atoms with Crippen molar-refractivity contribution < 1.29 is 41.8 Å². The van der Waals surface area contributed by atoms with E-state index in [2.05, 4.69) is 13.2 Å². The number of epoxide rings is 1. The summed E-state index contributed by atoms with van der Waals surface area (Å²) in [6, 6.07) is 0.500. The molecule has 0 aromatic heterocycles. The molecule has 0 aromatic rings. The molecule has 0 saturated carbocycles. The molecule has 0 aliphatic carbocycles. The first-order chi connectivity index (χ1) is 15.7. The topological polar surface area (TPSA) is 102 Å². The molecule has 0 radical (unpaired) electrons. The molecule has 0 bridgehead atoms. The number of carbonyl (C=O) groups excluding carboxylic acids is 2. The highest BCUT2D eigenvalue weighted by molar-refractivity contribution is 6.60. The molecular formula is C23H40O9Si. The molecule has 10 heteroatoms. The van der Waals surface area contributed by atoms with Gasteiger partial charge in [0.25, 0.3) is 0 Å². The zero-order chi connectivity index (χ0) is 24.7. The Labute approximate surface area is 198 Å². The Bertz CT molecular complexity index is 629. The van der Waals surface area contributed by atoms with Crippen LogP contribution in [0.3, 0.4) is 0 Å². The lowest BCUT2D eigenvalue weighted by molar-refractivity contribution is -0.139. The largest absolute Gasteiger partial charge is 0.500 e.